The Balaban J connectivity index is 1.97. The summed E-state index contributed by atoms with van der Waals surface area (Å²) in [4.78, 5) is 19.6. The second kappa shape index (κ2) is 5.64. The minimum Gasteiger partial charge on any atom is -0.493 e. The van der Waals surface area contributed by atoms with Crippen LogP contribution in [0, 0.1) is 0 Å². The van der Waals surface area contributed by atoms with Crippen molar-refractivity contribution in [1.29, 1.82) is 0 Å². The summed E-state index contributed by atoms with van der Waals surface area (Å²) in [7, 11) is 0. The predicted octanol–water partition coefficient (Wildman–Crippen LogP) is 3.37. The number of H-pyrrole nitrogens is 1. The molecule has 1 aliphatic rings. The van der Waals surface area contributed by atoms with Crippen LogP contribution in [0.5, 0.6) is 5.75 Å². The van der Waals surface area contributed by atoms with E-state index in [1.807, 2.05) is 32.0 Å². The van der Waals surface area contributed by atoms with E-state index in [-0.39, 0.29) is 17.4 Å². The fraction of sp³-hybridized carbons (Fsp3) is 0.375. The van der Waals surface area contributed by atoms with Gasteiger partial charge >= 0.3 is 0 Å². The standard InChI is InChI=1S/C16H17BrN2O2/c1-9(2)14-13(17)16(20)19-15(18-14)11-7-10-5-3-4-6-12(10)21-8-11/h3-6,9,11H,7-8H2,1-2H3,(H,18,19,20). The summed E-state index contributed by atoms with van der Waals surface area (Å²) < 4.78 is 6.31. The number of rotatable bonds is 2. The third kappa shape index (κ3) is 2.75. The van der Waals surface area contributed by atoms with Crippen LogP contribution in [0.2, 0.25) is 0 Å². The first-order valence-electron chi connectivity index (χ1n) is 7.06. The molecule has 110 valence electrons. The molecule has 0 fully saturated rings. The number of aromatic amines is 1. The predicted molar refractivity (Wildman–Crippen MR) is 85.0 cm³/mol. The van der Waals surface area contributed by atoms with Crippen LogP contribution in [-0.4, -0.2) is 16.6 Å². The van der Waals surface area contributed by atoms with Crippen LogP contribution >= 0.6 is 15.9 Å². The van der Waals surface area contributed by atoms with Crippen LogP contribution in [0.3, 0.4) is 0 Å². The molecule has 1 atom stereocenters. The molecule has 0 radical (unpaired) electrons. The molecule has 0 bridgehead atoms. The second-order valence-electron chi connectivity index (χ2n) is 5.62. The third-order valence-corrected chi connectivity index (χ3v) is 4.49. The molecule has 1 unspecified atom stereocenters. The maximum atomic E-state index is 12.1. The molecule has 1 aliphatic heterocycles. The molecule has 4 nitrogen and oxygen atoms in total. The van der Waals surface area contributed by atoms with Crippen LogP contribution in [0.15, 0.2) is 33.5 Å². The fourth-order valence-electron chi connectivity index (χ4n) is 2.57. The van der Waals surface area contributed by atoms with Crippen molar-refractivity contribution in [1.82, 2.24) is 9.97 Å². The number of fused-ring (bicyclic) bond motifs is 1. The molecule has 5 heteroatoms. The van der Waals surface area contributed by atoms with Gasteiger partial charge in [-0.25, -0.2) is 4.98 Å². The van der Waals surface area contributed by atoms with Crippen LogP contribution < -0.4 is 10.3 Å². The number of hydrogen-bond acceptors (Lipinski definition) is 3. The number of benzene rings is 1. The van der Waals surface area contributed by atoms with Crippen LogP contribution in [0.25, 0.3) is 0 Å². The lowest BCUT2D eigenvalue weighted by atomic mass is 9.96. The first kappa shape index (κ1) is 14.3. The van der Waals surface area contributed by atoms with Crippen molar-refractivity contribution in [2.75, 3.05) is 6.61 Å². The van der Waals surface area contributed by atoms with Gasteiger partial charge in [-0.15, -0.1) is 0 Å². The van der Waals surface area contributed by atoms with Crippen molar-refractivity contribution >= 4 is 15.9 Å². The highest BCUT2D eigenvalue weighted by atomic mass is 79.9. The van der Waals surface area contributed by atoms with E-state index in [9.17, 15) is 4.79 Å². The van der Waals surface area contributed by atoms with Crippen molar-refractivity contribution in [3.8, 4) is 5.75 Å². The summed E-state index contributed by atoms with van der Waals surface area (Å²) >= 11 is 3.33. The van der Waals surface area contributed by atoms with Gasteiger partial charge < -0.3 is 9.72 Å². The molecule has 3 rings (SSSR count). The number of nitrogens with one attached hydrogen (secondary N) is 1. The Morgan fingerprint density at radius 2 is 2.14 bits per heavy atom. The Morgan fingerprint density at radius 3 is 2.90 bits per heavy atom. The molecule has 2 aromatic rings. The molecule has 0 saturated heterocycles. The quantitative estimate of drug-likeness (QED) is 0.904. The highest BCUT2D eigenvalue weighted by Crippen LogP contribution is 2.31. The summed E-state index contributed by atoms with van der Waals surface area (Å²) in [6.07, 6.45) is 0.832. The lowest BCUT2D eigenvalue weighted by Gasteiger charge is -2.25. The molecule has 1 aromatic heterocycles. The molecular formula is C16H17BrN2O2. The van der Waals surface area contributed by atoms with Gasteiger partial charge in [-0.3, -0.25) is 4.79 Å². The van der Waals surface area contributed by atoms with E-state index in [1.54, 1.807) is 0 Å². The second-order valence-corrected chi connectivity index (χ2v) is 6.42. The Bertz CT molecular complexity index is 724. The van der Waals surface area contributed by atoms with Gasteiger partial charge in [-0.2, -0.15) is 0 Å². The van der Waals surface area contributed by atoms with Crippen LogP contribution in [0.4, 0.5) is 0 Å². The molecule has 0 aliphatic carbocycles. The highest BCUT2D eigenvalue weighted by molar-refractivity contribution is 9.10. The third-order valence-electron chi connectivity index (χ3n) is 3.72. The van der Waals surface area contributed by atoms with E-state index < -0.39 is 0 Å². The minimum absolute atomic E-state index is 0.0817. The Hall–Kier alpha value is -1.62. The van der Waals surface area contributed by atoms with Crippen LogP contribution in [0.1, 0.15) is 42.8 Å². The van der Waals surface area contributed by atoms with Gasteiger partial charge in [-0.1, -0.05) is 32.0 Å². The van der Waals surface area contributed by atoms with E-state index in [2.05, 4.69) is 32.0 Å². The number of aromatic nitrogens is 2. The van der Waals surface area contributed by atoms with Gasteiger partial charge in [0.15, 0.2) is 0 Å². The van der Waals surface area contributed by atoms with Crippen molar-refractivity contribution in [3.63, 3.8) is 0 Å². The Labute approximate surface area is 131 Å². The van der Waals surface area contributed by atoms with E-state index in [0.717, 1.165) is 23.4 Å². The zero-order valence-electron chi connectivity index (χ0n) is 12.0. The van der Waals surface area contributed by atoms with Crippen molar-refractivity contribution in [2.45, 2.75) is 32.1 Å². The highest BCUT2D eigenvalue weighted by Gasteiger charge is 2.24. The summed E-state index contributed by atoms with van der Waals surface area (Å²) in [6, 6.07) is 8.00. The lowest BCUT2D eigenvalue weighted by molar-refractivity contribution is 0.257. The summed E-state index contributed by atoms with van der Waals surface area (Å²) in [5, 5.41) is 0. The van der Waals surface area contributed by atoms with Crippen molar-refractivity contribution < 1.29 is 4.74 Å². The smallest absolute Gasteiger partial charge is 0.265 e. The van der Waals surface area contributed by atoms with Crippen LogP contribution in [-0.2, 0) is 6.42 Å². The van der Waals surface area contributed by atoms with E-state index >= 15 is 0 Å². The monoisotopic (exact) mass is 348 g/mol. The van der Waals surface area contributed by atoms with E-state index in [4.69, 9.17) is 4.74 Å². The maximum Gasteiger partial charge on any atom is 0.265 e. The normalized spacial score (nSPS) is 17.4. The molecule has 2 heterocycles. The zero-order valence-corrected chi connectivity index (χ0v) is 13.6. The lowest BCUT2D eigenvalue weighted by Crippen LogP contribution is -2.25. The van der Waals surface area contributed by atoms with Gasteiger partial charge in [-0.05, 0) is 39.9 Å². The van der Waals surface area contributed by atoms with E-state index in [1.165, 1.54) is 0 Å². The Kier molecular flexibility index (Phi) is 3.85. The van der Waals surface area contributed by atoms with Gasteiger partial charge in [0.2, 0.25) is 0 Å². The summed E-state index contributed by atoms with van der Waals surface area (Å²) in [5.74, 6) is 1.91. The minimum atomic E-state index is -0.123. The average molecular weight is 349 g/mol. The summed E-state index contributed by atoms with van der Waals surface area (Å²) in [6.45, 7) is 4.60. The molecule has 21 heavy (non-hydrogen) atoms. The number of hydrogen-bond donors (Lipinski definition) is 1. The fourth-order valence-corrected chi connectivity index (χ4v) is 3.22. The number of ether oxygens (including phenoxy) is 1. The molecule has 0 saturated carbocycles. The topological polar surface area (TPSA) is 55.0 Å². The number of halogens is 1. The molecule has 1 aromatic carbocycles. The summed E-state index contributed by atoms with van der Waals surface area (Å²) in [5.41, 5.74) is 1.83. The van der Waals surface area contributed by atoms with Gasteiger partial charge in [0.25, 0.3) is 5.56 Å². The Morgan fingerprint density at radius 1 is 1.38 bits per heavy atom. The molecule has 0 spiro atoms. The van der Waals surface area contributed by atoms with Gasteiger partial charge in [0.1, 0.15) is 16.0 Å². The van der Waals surface area contributed by atoms with Gasteiger partial charge in [0.05, 0.1) is 18.2 Å². The maximum absolute atomic E-state index is 12.1. The first-order valence-corrected chi connectivity index (χ1v) is 7.86. The van der Waals surface area contributed by atoms with Crippen molar-refractivity contribution in [3.05, 3.63) is 56.2 Å². The average Bonchev–Trinajstić information content (AvgIpc) is 2.49. The largest absolute Gasteiger partial charge is 0.493 e. The number of para-hydroxylation sites is 1. The van der Waals surface area contributed by atoms with Gasteiger partial charge in [0, 0.05) is 0 Å². The zero-order chi connectivity index (χ0) is 15.0. The number of nitrogens with zero attached hydrogens (tertiary/aromatic N) is 1. The molecule has 1 N–H and O–H groups in total. The van der Waals surface area contributed by atoms with E-state index in [0.29, 0.717) is 16.9 Å². The molecular weight excluding hydrogens is 332 g/mol. The SMILES string of the molecule is CC(C)c1nc(C2COc3ccccc3C2)[nH]c(=O)c1Br. The molecule has 0 amide bonds. The van der Waals surface area contributed by atoms with Crippen molar-refractivity contribution in [2.24, 2.45) is 0 Å². The first-order chi connectivity index (χ1) is 10.1.